The van der Waals surface area contributed by atoms with Crippen LogP contribution in [-0.2, 0) is 4.74 Å². The molecule has 2 aromatic carbocycles. The third-order valence-corrected chi connectivity index (χ3v) is 4.59. The smallest absolute Gasteiger partial charge is 0.255 e. The number of benzene rings is 2. The van der Waals surface area contributed by atoms with Crippen LogP contribution in [0.4, 0.5) is 5.69 Å². The van der Waals surface area contributed by atoms with E-state index in [0.717, 1.165) is 0 Å². The Morgan fingerprint density at radius 3 is 2.17 bits per heavy atom. The fraction of sp³-hybridized carbons (Fsp3) is 0.333. The first kappa shape index (κ1) is 20.5. The number of carbonyl (C=O) groups excluding carboxylic acids is 2. The van der Waals surface area contributed by atoms with Crippen molar-refractivity contribution >= 4 is 17.5 Å². The number of methoxy groups -OCH3 is 3. The number of hydrogen-bond donors (Lipinski definition) is 1. The Labute approximate surface area is 169 Å². The molecular formula is C21H24N2O6. The third kappa shape index (κ3) is 4.60. The van der Waals surface area contributed by atoms with Crippen LogP contribution in [0.15, 0.2) is 36.4 Å². The van der Waals surface area contributed by atoms with Crippen LogP contribution in [0.2, 0.25) is 0 Å². The van der Waals surface area contributed by atoms with Gasteiger partial charge in [-0.15, -0.1) is 0 Å². The fourth-order valence-corrected chi connectivity index (χ4v) is 3.09. The van der Waals surface area contributed by atoms with Gasteiger partial charge in [0.25, 0.3) is 11.8 Å². The molecule has 0 bridgehead atoms. The highest BCUT2D eigenvalue weighted by atomic mass is 16.5. The van der Waals surface area contributed by atoms with Crippen molar-refractivity contribution in [1.29, 1.82) is 0 Å². The first-order chi connectivity index (χ1) is 14.1. The van der Waals surface area contributed by atoms with E-state index in [2.05, 4.69) is 5.32 Å². The molecule has 8 nitrogen and oxygen atoms in total. The molecule has 1 aliphatic heterocycles. The van der Waals surface area contributed by atoms with E-state index in [9.17, 15) is 9.59 Å². The molecule has 1 heterocycles. The number of amides is 2. The average Bonchev–Trinajstić information content (AvgIpc) is 2.78. The first-order valence-corrected chi connectivity index (χ1v) is 9.15. The van der Waals surface area contributed by atoms with Crippen LogP contribution >= 0.6 is 0 Å². The van der Waals surface area contributed by atoms with E-state index in [1.165, 1.54) is 21.3 Å². The molecule has 2 aromatic rings. The molecule has 8 heteroatoms. The summed E-state index contributed by atoms with van der Waals surface area (Å²) >= 11 is 0. The minimum atomic E-state index is -0.361. The van der Waals surface area contributed by atoms with E-state index in [1.807, 2.05) is 0 Å². The molecule has 3 rings (SSSR count). The molecule has 1 aliphatic rings. The fourth-order valence-electron chi connectivity index (χ4n) is 3.09. The minimum Gasteiger partial charge on any atom is -0.493 e. The molecule has 1 fully saturated rings. The quantitative estimate of drug-likeness (QED) is 0.802. The predicted molar refractivity (Wildman–Crippen MR) is 107 cm³/mol. The number of rotatable bonds is 6. The molecule has 0 unspecified atom stereocenters. The van der Waals surface area contributed by atoms with Gasteiger partial charge in [0, 0.05) is 29.9 Å². The topological polar surface area (TPSA) is 86.3 Å². The van der Waals surface area contributed by atoms with Gasteiger partial charge in [-0.25, -0.2) is 0 Å². The average molecular weight is 400 g/mol. The van der Waals surface area contributed by atoms with Crippen molar-refractivity contribution in [3.8, 4) is 17.2 Å². The molecule has 2 amide bonds. The number of hydrogen-bond acceptors (Lipinski definition) is 6. The van der Waals surface area contributed by atoms with E-state index in [-0.39, 0.29) is 11.8 Å². The Balaban J connectivity index is 1.80. The van der Waals surface area contributed by atoms with Crippen LogP contribution in [0.1, 0.15) is 20.7 Å². The summed E-state index contributed by atoms with van der Waals surface area (Å²) in [4.78, 5) is 27.2. The van der Waals surface area contributed by atoms with E-state index in [1.54, 1.807) is 41.3 Å². The predicted octanol–water partition coefficient (Wildman–Crippen LogP) is 2.44. The Morgan fingerprint density at radius 1 is 0.931 bits per heavy atom. The monoisotopic (exact) mass is 400 g/mol. The molecule has 0 spiro atoms. The van der Waals surface area contributed by atoms with Gasteiger partial charge in [0.1, 0.15) is 0 Å². The summed E-state index contributed by atoms with van der Waals surface area (Å²) in [5.74, 6) is 0.726. The van der Waals surface area contributed by atoms with Gasteiger partial charge in [-0.3, -0.25) is 9.59 Å². The maximum Gasteiger partial charge on any atom is 0.255 e. The molecule has 154 valence electrons. The zero-order valence-corrected chi connectivity index (χ0v) is 16.7. The van der Waals surface area contributed by atoms with Gasteiger partial charge in [0.2, 0.25) is 5.75 Å². The molecule has 0 radical (unpaired) electrons. The van der Waals surface area contributed by atoms with E-state index in [0.29, 0.717) is 60.4 Å². The number of anilines is 1. The van der Waals surface area contributed by atoms with Crippen LogP contribution in [0.3, 0.4) is 0 Å². The Kier molecular flexibility index (Phi) is 6.56. The molecule has 0 atom stereocenters. The molecule has 0 saturated carbocycles. The summed E-state index contributed by atoms with van der Waals surface area (Å²) in [6.07, 6.45) is 0. The summed E-state index contributed by atoms with van der Waals surface area (Å²) in [6.45, 7) is 2.17. The van der Waals surface area contributed by atoms with E-state index >= 15 is 0 Å². The lowest BCUT2D eigenvalue weighted by Crippen LogP contribution is -2.40. The molecule has 1 saturated heterocycles. The highest BCUT2D eigenvalue weighted by molar-refractivity contribution is 6.06. The van der Waals surface area contributed by atoms with Crippen LogP contribution < -0.4 is 19.5 Å². The number of ether oxygens (including phenoxy) is 4. The molecular weight excluding hydrogens is 376 g/mol. The molecule has 29 heavy (non-hydrogen) atoms. The standard InChI is InChI=1S/C21H24N2O6/c1-26-17-12-15(13-18(27-2)19(17)28-3)20(24)22-16-6-4-5-14(11-16)21(25)23-7-9-29-10-8-23/h4-6,11-13H,7-10H2,1-3H3,(H,22,24). The number of carbonyl (C=O) groups is 2. The maximum absolute atomic E-state index is 12.8. The zero-order chi connectivity index (χ0) is 20.8. The number of nitrogens with one attached hydrogen (secondary N) is 1. The maximum atomic E-state index is 12.8. The zero-order valence-electron chi connectivity index (χ0n) is 16.7. The SMILES string of the molecule is COc1cc(C(=O)Nc2cccc(C(=O)N3CCOCC3)c2)cc(OC)c1OC. The normalized spacial score (nSPS) is 13.6. The van der Waals surface area contributed by atoms with E-state index in [4.69, 9.17) is 18.9 Å². The van der Waals surface area contributed by atoms with Crippen molar-refractivity contribution in [2.24, 2.45) is 0 Å². The lowest BCUT2D eigenvalue weighted by atomic mass is 10.1. The highest BCUT2D eigenvalue weighted by Crippen LogP contribution is 2.38. The van der Waals surface area contributed by atoms with Crippen LogP contribution in [0.5, 0.6) is 17.2 Å². The van der Waals surface area contributed by atoms with Crippen molar-refractivity contribution in [3.63, 3.8) is 0 Å². The summed E-state index contributed by atoms with van der Waals surface area (Å²) in [7, 11) is 4.47. The van der Waals surface area contributed by atoms with Crippen molar-refractivity contribution in [2.75, 3.05) is 52.9 Å². The van der Waals surface area contributed by atoms with Crippen molar-refractivity contribution in [2.45, 2.75) is 0 Å². The summed E-state index contributed by atoms with van der Waals surface area (Å²) in [6, 6.07) is 9.99. The van der Waals surface area contributed by atoms with E-state index < -0.39 is 0 Å². The second-order valence-electron chi connectivity index (χ2n) is 6.35. The van der Waals surface area contributed by atoms with Crippen LogP contribution in [-0.4, -0.2) is 64.3 Å². The highest BCUT2D eigenvalue weighted by Gasteiger charge is 2.20. The van der Waals surface area contributed by atoms with Gasteiger partial charge < -0.3 is 29.2 Å². The van der Waals surface area contributed by atoms with Crippen LogP contribution in [0, 0.1) is 0 Å². The second-order valence-corrected chi connectivity index (χ2v) is 6.35. The second kappa shape index (κ2) is 9.29. The molecule has 1 N–H and O–H groups in total. The Morgan fingerprint density at radius 2 is 1.59 bits per heavy atom. The van der Waals surface area contributed by atoms with Gasteiger partial charge in [-0.05, 0) is 30.3 Å². The third-order valence-electron chi connectivity index (χ3n) is 4.59. The Hall–Kier alpha value is -3.26. The summed E-state index contributed by atoms with van der Waals surface area (Å²) < 4.78 is 21.1. The summed E-state index contributed by atoms with van der Waals surface area (Å²) in [5.41, 5.74) is 1.36. The minimum absolute atomic E-state index is 0.0859. The van der Waals surface area contributed by atoms with Gasteiger partial charge in [-0.1, -0.05) is 6.07 Å². The van der Waals surface area contributed by atoms with Crippen molar-refractivity contribution < 1.29 is 28.5 Å². The molecule has 0 aromatic heterocycles. The largest absolute Gasteiger partial charge is 0.493 e. The van der Waals surface area contributed by atoms with Crippen LogP contribution in [0.25, 0.3) is 0 Å². The van der Waals surface area contributed by atoms with Gasteiger partial charge >= 0.3 is 0 Å². The number of morpholine rings is 1. The Bertz CT molecular complexity index is 867. The van der Waals surface area contributed by atoms with Crippen molar-refractivity contribution in [3.05, 3.63) is 47.5 Å². The van der Waals surface area contributed by atoms with Gasteiger partial charge in [0.05, 0.1) is 34.5 Å². The van der Waals surface area contributed by atoms with Crippen molar-refractivity contribution in [1.82, 2.24) is 4.90 Å². The number of nitrogens with zero attached hydrogens (tertiary/aromatic N) is 1. The molecule has 0 aliphatic carbocycles. The lowest BCUT2D eigenvalue weighted by Gasteiger charge is -2.27. The summed E-state index contributed by atoms with van der Waals surface area (Å²) in [5, 5.41) is 2.81. The van der Waals surface area contributed by atoms with Gasteiger partial charge in [-0.2, -0.15) is 0 Å². The lowest BCUT2D eigenvalue weighted by molar-refractivity contribution is 0.0303. The first-order valence-electron chi connectivity index (χ1n) is 9.15. The van der Waals surface area contributed by atoms with Gasteiger partial charge in [0.15, 0.2) is 11.5 Å².